The zero-order valence-electron chi connectivity index (χ0n) is 14.6. The number of thioether (sulfide) groups is 1. The van der Waals surface area contributed by atoms with Crippen molar-refractivity contribution in [3.8, 4) is 0 Å². The Kier molecular flexibility index (Phi) is 6.69. The quantitative estimate of drug-likeness (QED) is 0.717. The Morgan fingerprint density at radius 2 is 1.69 bits per heavy atom. The summed E-state index contributed by atoms with van der Waals surface area (Å²) in [6.07, 6.45) is -3.78. The summed E-state index contributed by atoms with van der Waals surface area (Å²) >= 11 is 1.32. The highest BCUT2D eigenvalue weighted by atomic mass is 32.2. The number of aliphatic hydroxyl groups is 3. The highest BCUT2D eigenvalue weighted by Gasteiger charge is 2.45. The van der Waals surface area contributed by atoms with E-state index in [0.29, 0.717) is 0 Å². The molecule has 0 aromatic heterocycles. The maximum atomic E-state index is 10.5. The van der Waals surface area contributed by atoms with Gasteiger partial charge in [0.05, 0.1) is 13.2 Å². The van der Waals surface area contributed by atoms with Crippen LogP contribution in [0.25, 0.3) is 0 Å². The van der Waals surface area contributed by atoms with Gasteiger partial charge >= 0.3 is 0 Å². The van der Waals surface area contributed by atoms with Crippen LogP contribution >= 0.6 is 11.8 Å². The number of rotatable bonds is 6. The predicted octanol–water partition coefficient (Wildman–Crippen LogP) is 2.11. The van der Waals surface area contributed by atoms with E-state index in [1.807, 2.05) is 61.5 Å². The number of aryl methyl sites for hydroxylation is 1. The van der Waals surface area contributed by atoms with Crippen LogP contribution in [0.1, 0.15) is 11.1 Å². The smallest absolute Gasteiger partial charge is 0.136 e. The molecular formula is C20H24O5S. The van der Waals surface area contributed by atoms with Crippen LogP contribution in [0.5, 0.6) is 0 Å². The number of ether oxygens (including phenoxy) is 2. The summed E-state index contributed by atoms with van der Waals surface area (Å²) in [4.78, 5) is 0.923. The molecule has 1 saturated heterocycles. The summed E-state index contributed by atoms with van der Waals surface area (Å²) in [6.45, 7) is 1.97. The van der Waals surface area contributed by atoms with Gasteiger partial charge in [0.2, 0.25) is 0 Å². The molecule has 0 aliphatic carbocycles. The van der Waals surface area contributed by atoms with Gasteiger partial charge in [-0.2, -0.15) is 0 Å². The van der Waals surface area contributed by atoms with Crippen LogP contribution in [0, 0.1) is 6.92 Å². The number of benzene rings is 2. The zero-order chi connectivity index (χ0) is 18.5. The minimum atomic E-state index is -1.15. The molecule has 0 radical (unpaired) electrons. The maximum Gasteiger partial charge on any atom is 0.136 e. The predicted molar refractivity (Wildman–Crippen MR) is 99.8 cm³/mol. The first-order valence-corrected chi connectivity index (χ1v) is 9.48. The molecular weight excluding hydrogens is 352 g/mol. The van der Waals surface area contributed by atoms with Crippen LogP contribution in [0.2, 0.25) is 0 Å². The van der Waals surface area contributed by atoms with Gasteiger partial charge in [-0.1, -0.05) is 59.8 Å². The van der Waals surface area contributed by atoms with E-state index in [0.717, 1.165) is 16.0 Å². The van der Waals surface area contributed by atoms with E-state index in [1.165, 1.54) is 11.8 Å². The molecule has 0 saturated carbocycles. The van der Waals surface area contributed by atoms with Crippen LogP contribution < -0.4 is 0 Å². The average Bonchev–Trinajstić information content (AvgIpc) is 2.67. The standard InChI is InChI=1S/C20H24O5S/c1-13-7-9-15(10-8-13)26-20-18(23)17(22)19(16(11-21)25-20)24-12-14-5-3-2-4-6-14/h2-10,16-23H,11-12H2,1H3/t16-,17-,18-,19-,20+/m1/s1. The third-order valence-electron chi connectivity index (χ3n) is 4.38. The van der Waals surface area contributed by atoms with Gasteiger partial charge in [-0.15, -0.1) is 0 Å². The van der Waals surface area contributed by atoms with Gasteiger partial charge in [0.1, 0.15) is 29.9 Å². The van der Waals surface area contributed by atoms with E-state index in [9.17, 15) is 15.3 Å². The third kappa shape index (κ3) is 4.65. The molecule has 0 amide bonds. The normalized spacial score (nSPS) is 28.8. The van der Waals surface area contributed by atoms with Crippen LogP contribution in [-0.2, 0) is 16.1 Å². The summed E-state index contributed by atoms with van der Waals surface area (Å²) in [5.41, 5.74) is 1.41. The Morgan fingerprint density at radius 3 is 2.35 bits per heavy atom. The van der Waals surface area contributed by atoms with Gasteiger partial charge < -0.3 is 24.8 Å². The van der Waals surface area contributed by atoms with Crippen molar-refractivity contribution in [3.05, 3.63) is 65.7 Å². The fourth-order valence-corrected chi connectivity index (χ4v) is 3.93. The topological polar surface area (TPSA) is 79.2 Å². The Labute approximate surface area is 157 Å². The lowest BCUT2D eigenvalue weighted by atomic mass is 10.00. The van der Waals surface area contributed by atoms with Crippen molar-refractivity contribution in [2.24, 2.45) is 0 Å². The first-order chi connectivity index (χ1) is 12.6. The second-order valence-electron chi connectivity index (χ2n) is 6.40. The summed E-state index contributed by atoms with van der Waals surface area (Å²) in [5, 5.41) is 30.7. The van der Waals surface area contributed by atoms with Crippen molar-refractivity contribution in [1.29, 1.82) is 0 Å². The van der Waals surface area contributed by atoms with Gasteiger partial charge in [-0.05, 0) is 24.6 Å². The molecule has 26 heavy (non-hydrogen) atoms. The van der Waals surface area contributed by atoms with Gasteiger partial charge in [-0.25, -0.2) is 0 Å². The van der Waals surface area contributed by atoms with Crippen LogP contribution in [-0.4, -0.2) is 51.8 Å². The second kappa shape index (κ2) is 8.99. The fourth-order valence-electron chi connectivity index (χ4n) is 2.87. The van der Waals surface area contributed by atoms with Crippen molar-refractivity contribution in [3.63, 3.8) is 0 Å². The van der Waals surface area contributed by atoms with Crippen molar-refractivity contribution in [1.82, 2.24) is 0 Å². The van der Waals surface area contributed by atoms with E-state index in [4.69, 9.17) is 9.47 Å². The summed E-state index contributed by atoms with van der Waals surface area (Å²) in [5.74, 6) is 0. The molecule has 1 fully saturated rings. The first kappa shape index (κ1) is 19.4. The Morgan fingerprint density at radius 1 is 1.00 bits per heavy atom. The number of hydrogen-bond donors (Lipinski definition) is 3. The number of hydrogen-bond acceptors (Lipinski definition) is 6. The molecule has 6 heteroatoms. The Bertz CT molecular complexity index is 676. The SMILES string of the molecule is Cc1ccc(S[C@@H]2O[C@H](CO)[C@@H](OCc3ccccc3)[C@H](O)[C@H]2O)cc1. The van der Waals surface area contributed by atoms with Gasteiger partial charge in [0, 0.05) is 4.90 Å². The van der Waals surface area contributed by atoms with E-state index in [1.54, 1.807) is 0 Å². The van der Waals surface area contributed by atoms with Crippen molar-refractivity contribution in [2.75, 3.05) is 6.61 Å². The Hall–Kier alpha value is -1.41. The molecule has 1 aliphatic rings. The van der Waals surface area contributed by atoms with E-state index < -0.39 is 29.9 Å². The summed E-state index contributed by atoms with van der Waals surface area (Å²) in [7, 11) is 0. The molecule has 5 atom stereocenters. The Balaban J connectivity index is 1.65. The zero-order valence-corrected chi connectivity index (χ0v) is 15.4. The number of aliphatic hydroxyl groups excluding tert-OH is 3. The molecule has 3 N–H and O–H groups in total. The first-order valence-electron chi connectivity index (χ1n) is 8.60. The molecule has 140 valence electrons. The molecule has 5 nitrogen and oxygen atoms in total. The molecule has 3 rings (SSSR count). The van der Waals surface area contributed by atoms with Crippen LogP contribution in [0.4, 0.5) is 0 Å². The summed E-state index contributed by atoms with van der Waals surface area (Å²) < 4.78 is 11.6. The molecule has 2 aromatic rings. The highest BCUT2D eigenvalue weighted by molar-refractivity contribution is 7.99. The fraction of sp³-hybridized carbons (Fsp3) is 0.400. The molecule has 1 heterocycles. The van der Waals surface area contributed by atoms with E-state index >= 15 is 0 Å². The highest BCUT2D eigenvalue weighted by Crippen LogP contribution is 2.34. The van der Waals surface area contributed by atoms with Gasteiger partial charge in [0.25, 0.3) is 0 Å². The van der Waals surface area contributed by atoms with Crippen molar-refractivity contribution < 1.29 is 24.8 Å². The molecule has 1 aliphatic heterocycles. The molecule has 0 spiro atoms. The summed E-state index contributed by atoms with van der Waals surface area (Å²) in [6, 6.07) is 17.4. The van der Waals surface area contributed by atoms with Crippen LogP contribution in [0.15, 0.2) is 59.5 Å². The van der Waals surface area contributed by atoms with Crippen molar-refractivity contribution >= 4 is 11.8 Å². The lowest BCUT2D eigenvalue weighted by Crippen LogP contribution is -2.58. The monoisotopic (exact) mass is 376 g/mol. The lowest BCUT2D eigenvalue weighted by Gasteiger charge is -2.41. The second-order valence-corrected chi connectivity index (χ2v) is 7.57. The van der Waals surface area contributed by atoms with Gasteiger partial charge in [-0.3, -0.25) is 0 Å². The minimum Gasteiger partial charge on any atom is -0.394 e. The van der Waals surface area contributed by atoms with Crippen molar-refractivity contribution in [2.45, 2.75) is 48.3 Å². The lowest BCUT2D eigenvalue weighted by molar-refractivity contribution is -0.224. The average molecular weight is 376 g/mol. The molecule has 2 aromatic carbocycles. The van der Waals surface area contributed by atoms with E-state index in [-0.39, 0.29) is 13.2 Å². The largest absolute Gasteiger partial charge is 0.394 e. The van der Waals surface area contributed by atoms with Crippen LogP contribution in [0.3, 0.4) is 0 Å². The maximum absolute atomic E-state index is 10.5. The minimum absolute atomic E-state index is 0.269. The third-order valence-corrected chi connectivity index (χ3v) is 5.55. The molecule has 0 unspecified atom stereocenters. The van der Waals surface area contributed by atoms with Gasteiger partial charge in [0.15, 0.2) is 0 Å². The van der Waals surface area contributed by atoms with E-state index in [2.05, 4.69) is 0 Å². The molecule has 0 bridgehead atoms.